The van der Waals surface area contributed by atoms with E-state index in [2.05, 4.69) is 6.58 Å². The van der Waals surface area contributed by atoms with Gasteiger partial charge < -0.3 is 24.8 Å². The standard InChI is InChI=1S/C16H30O5/c1-2-3-4-5-6-7-8-9-10-20-14(11-17)16-15(19)13(18)12-21-16/h2,13-19H,1,3-12H2/t13-,14+,15-,16-/m1/s1. The van der Waals surface area contributed by atoms with E-state index < -0.39 is 24.4 Å². The van der Waals surface area contributed by atoms with Gasteiger partial charge >= 0.3 is 0 Å². The lowest BCUT2D eigenvalue weighted by molar-refractivity contribution is -0.101. The maximum atomic E-state index is 9.73. The Labute approximate surface area is 127 Å². The lowest BCUT2D eigenvalue weighted by Gasteiger charge is -2.24. The highest BCUT2D eigenvalue weighted by atomic mass is 16.6. The summed E-state index contributed by atoms with van der Waals surface area (Å²) in [5.74, 6) is 0. The summed E-state index contributed by atoms with van der Waals surface area (Å²) in [7, 11) is 0. The summed E-state index contributed by atoms with van der Waals surface area (Å²) in [6.07, 6.45) is 6.89. The monoisotopic (exact) mass is 302 g/mol. The van der Waals surface area contributed by atoms with Gasteiger partial charge in [0.1, 0.15) is 24.4 Å². The summed E-state index contributed by atoms with van der Waals surface area (Å²) in [5.41, 5.74) is 0. The molecule has 0 saturated carbocycles. The third-order valence-electron chi connectivity index (χ3n) is 3.87. The van der Waals surface area contributed by atoms with Crippen LogP contribution in [0.4, 0.5) is 0 Å². The number of allylic oxidation sites excluding steroid dienone is 1. The van der Waals surface area contributed by atoms with Crippen LogP contribution in [0.1, 0.15) is 44.9 Å². The maximum absolute atomic E-state index is 9.73. The molecule has 0 bridgehead atoms. The Morgan fingerprint density at radius 1 is 1.14 bits per heavy atom. The first-order valence-corrected chi connectivity index (χ1v) is 8.01. The van der Waals surface area contributed by atoms with E-state index in [1.807, 2.05) is 6.08 Å². The first-order chi connectivity index (χ1) is 10.2. The van der Waals surface area contributed by atoms with Crippen LogP contribution in [0, 0.1) is 0 Å². The van der Waals surface area contributed by atoms with Crippen LogP contribution in [0.5, 0.6) is 0 Å². The zero-order valence-corrected chi connectivity index (χ0v) is 12.8. The molecule has 1 heterocycles. The molecule has 1 fully saturated rings. The van der Waals surface area contributed by atoms with Crippen LogP contribution in [-0.2, 0) is 9.47 Å². The minimum Gasteiger partial charge on any atom is -0.394 e. The molecule has 0 unspecified atom stereocenters. The molecule has 0 aliphatic carbocycles. The van der Waals surface area contributed by atoms with Crippen molar-refractivity contribution >= 4 is 0 Å². The van der Waals surface area contributed by atoms with E-state index in [4.69, 9.17) is 9.47 Å². The van der Waals surface area contributed by atoms with Gasteiger partial charge in [-0.2, -0.15) is 0 Å². The second-order valence-corrected chi connectivity index (χ2v) is 5.65. The molecule has 1 aliphatic rings. The number of hydrogen-bond donors (Lipinski definition) is 3. The van der Waals surface area contributed by atoms with Crippen molar-refractivity contribution in [2.24, 2.45) is 0 Å². The minimum absolute atomic E-state index is 0.0937. The van der Waals surface area contributed by atoms with Crippen LogP contribution in [0.15, 0.2) is 12.7 Å². The Balaban J connectivity index is 2.04. The van der Waals surface area contributed by atoms with Crippen LogP contribution in [-0.4, -0.2) is 59.6 Å². The highest BCUT2D eigenvalue weighted by molar-refractivity contribution is 4.88. The Kier molecular flexibility index (Phi) is 9.87. The van der Waals surface area contributed by atoms with E-state index in [0.29, 0.717) is 6.61 Å². The lowest BCUT2D eigenvalue weighted by atomic mass is 10.1. The summed E-state index contributed by atoms with van der Waals surface area (Å²) in [5, 5.41) is 28.5. The fraction of sp³-hybridized carbons (Fsp3) is 0.875. The summed E-state index contributed by atoms with van der Waals surface area (Å²) in [6, 6.07) is 0. The van der Waals surface area contributed by atoms with Crippen LogP contribution in [0.25, 0.3) is 0 Å². The molecular weight excluding hydrogens is 272 g/mol. The number of hydrogen-bond acceptors (Lipinski definition) is 5. The minimum atomic E-state index is -0.980. The Hall–Kier alpha value is -0.460. The number of aliphatic hydroxyl groups excluding tert-OH is 3. The lowest BCUT2D eigenvalue weighted by Crippen LogP contribution is -2.42. The quantitative estimate of drug-likeness (QED) is 0.375. The zero-order chi connectivity index (χ0) is 15.5. The molecule has 1 rings (SSSR count). The first kappa shape index (κ1) is 18.6. The highest BCUT2D eigenvalue weighted by Gasteiger charge is 2.40. The van der Waals surface area contributed by atoms with Crippen LogP contribution in [0.3, 0.4) is 0 Å². The van der Waals surface area contributed by atoms with E-state index in [0.717, 1.165) is 19.3 Å². The molecule has 5 heteroatoms. The Bertz CT molecular complexity index is 271. The SMILES string of the molecule is C=CCCCCCCCCO[C@@H](CO)[C@H]1OC[C@@H](O)[C@H]1O. The molecule has 0 aromatic rings. The van der Waals surface area contributed by atoms with Gasteiger partial charge in [0.2, 0.25) is 0 Å². The summed E-state index contributed by atoms with van der Waals surface area (Å²) >= 11 is 0. The van der Waals surface area contributed by atoms with Crippen LogP contribution >= 0.6 is 0 Å². The van der Waals surface area contributed by atoms with Crippen LogP contribution in [0.2, 0.25) is 0 Å². The largest absolute Gasteiger partial charge is 0.394 e. The van der Waals surface area contributed by atoms with Gasteiger partial charge in [-0.15, -0.1) is 6.58 Å². The topological polar surface area (TPSA) is 79.2 Å². The number of unbranched alkanes of at least 4 members (excludes halogenated alkanes) is 6. The second kappa shape index (κ2) is 11.2. The van der Waals surface area contributed by atoms with E-state index in [9.17, 15) is 15.3 Å². The molecule has 3 N–H and O–H groups in total. The normalized spacial score (nSPS) is 26.9. The average Bonchev–Trinajstić information content (AvgIpc) is 2.82. The number of ether oxygens (including phenoxy) is 2. The Morgan fingerprint density at radius 2 is 1.81 bits per heavy atom. The summed E-state index contributed by atoms with van der Waals surface area (Å²) in [4.78, 5) is 0. The zero-order valence-electron chi connectivity index (χ0n) is 12.8. The molecule has 0 amide bonds. The van der Waals surface area contributed by atoms with Crippen molar-refractivity contribution in [2.45, 2.75) is 69.4 Å². The summed E-state index contributed by atoms with van der Waals surface area (Å²) in [6.45, 7) is 4.13. The van der Waals surface area contributed by atoms with Gasteiger partial charge in [-0.1, -0.05) is 31.8 Å². The molecule has 4 atom stereocenters. The van der Waals surface area contributed by atoms with Crippen molar-refractivity contribution in [2.75, 3.05) is 19.8 Å². The average molecular weight is 302 g/mol. The van der Waals surface area contributed by atoms with Gasteiger partial charge in [0.25, 0.3) is 0 Å². The van der Waals surface area contributed by atoms with E-state index in [1.165, 1.54) is 25.7 Å². The molecule has 0 aromatic carbocycles. The summed E-state index contributed by atoms with van der Waals surface area (Å²) < 4.78 is 10.9. The van der Waals surface area contributed by atoms with Crippen molar-refractivity contribution in [3.05, 3.63) is 12.7 Å². The molecule has 0 radical (unpaired) electrons. The predicted molar refractivity (Wildman–Crippen MR) is 81.1 cm³/mol. The molecule has 0 aromatic heterocycles. The van der Waals surface area contributed by atoms with Gasteiger partial charge in [-0.05, 0) is 19.3 Å². The molecule has 124 valence electrons. The molecular formula is C16H30O5. The van der Waals surface area contributed by atoms with E-state index >= 15 is 0 Å². The van der Waals surface area contributed by atoms with Gasteiger partial charge in [0, 0.05) is 6.61 Å². The van der Waals surface area contributed by atoms with E-state index in [-0.39, 0.29) is 13.2 Å². The van der Waals surface area contributed by atoms with Crippen molar-refractivity contribution in [1.29, 1.82) is 0 Å². The van der Waals surface area contributed by atoms with Crippen molar-refractivity contribution in [3.63, 3.8) is 0 Å². The smallest absolute Gasteiger partial charge is 0.114 e. The predicted octanol–water partition coefficient (Wildman–Crippen LogP) is 1.40. The fourth-order valence-electron chi connectivity index (χ4n) is 2.54. The third-order valence-corrected chi connectivity index (χ3v) is 3.87. The molecule has 1 saturated heterocycles. The molecule has 21 heavy (non-hydrogen) atoms. The first-order valence-electron chi connectivity index (χ1n) is 8.01. The number of aliphatic hydroxyl groups is 3. The van der Waals surface area contributed by atoms with Crippen molar-refractivity contribution in [1.82, 2.24) is 0 Å². The fourth-order valence-corrected chi connectivity index (χ4v) is 2.54. The number of rotatable bonds is 12. The molecule has 0 spiro atoms. The Morgan fingerprint density at radius 3 is 2.38 bits per heavy atom. The van der Waals surface area contributed by atoms with Gasteiger partial charge in [0.05, 0.1) is 13.2 Å². The van der Waals surface area contributed by atoms with Crippen LogP contribution < -0.4 is 0 Å². The maximum Gasteiger partial charge on any atom is 0.114 e. The van der Waals surface area contributed by atoms with E-state index in [1.54, 1.807) is 0 Å². The van der Waals surface area contributed by atoms with Gasteiger partial charge in [-0.25, -0.2) is 0 Å². The molecule has 5 nitrogen and oxygen atoms in total. The van der Waals surface area contributed by atoms with Gasteiger partial charge in [0.15, 0.2) is 0 Å². The second-order valence-electron chi connectivity index (χ2n) is 5.65. The third kappa shape index (κ3) is 6.89. The van der Waals surface area contributed by atoms with Crippen molar-refractivity contribution in [3.8, 4) is 0 Å². The molecule has 1 aliphatic heterocycles. The van der Waals surface area contributed by atoms with Crippen molar-refractivity contribution < 1.29 is 24.8 Å². The van der Waals surface area contributed by atoms with Gasteiger partial charge in [-0.3, -0.25) is 0 Å². The highest BCUT2D eigenvalue weighted by Crippen LogP contribution is 2.19.